The van der Waals surface area contributed by atoms with Crippen LogP contribution in [-0.4, -0.2) is 10.4 Å². The van der Waals surface area contributed by atoms with E-state index in [4.69, 9.17) is 0 Å². The molecule has 0 amide bonds. The lowest BCUT2D eigenvalue weighted by Crippen LogP contribution is -2.08. The lowest BCUT2D eigenvalue weighted by Gasteiger charge is -2.12. The van der Waals surface area contributed by atoms with Crippen LogP contribution in [0.5, 0.6) is 0 Å². The molecule has 0 aliphatic heterocycles. The lowest BCUT2D eigenvalue weighted by molar-refractivity contribution is -0.116. The molecule has 0 aromatic carbocycles. The Labute approximate surface area is 92.3 Å². The summed E-state index contributed by atoms with van der Waals surface area (Å²) in [6.45, 7) is 11.3. The normalized spacial score (nSPS) is 11.1. The SMILES string of the molecule is CC(=O)Cc1cc(C)n(CC(C)C)c1C. The molecule has 1 rings (SSSR count). The minimum Gasteiger partial charge on any atom is -0.349 e. The van der Waals surface area contributed by atoms with Gasteiger partial charge in [0.05, 0.1) is 0 Å². The first-order valence-electron chi connectivity index (χ1n) is 5.56. The van der Waals surface area contributed by atoms with Crippen molar-refractivity contribution in [1.82, 2.24) is 4.57 Å². The summed E-state index contributed by atoms with van der Waals surface area (Å²) in [5, 5.41) is 0. The third-order valence-corrected chi connectivity index (χ3v) is 2.67. The maximum atomic E-state index is 11.1. The molecule has 0 aliphatic rings. The fraction of sp³-hybridized carbons (Fsp3) is 0.615. The first-order valence-corrected chi connectivity index (χ1v) is 5.56. The Kier molecular flexibility index (Phi) is 3.72. The van der Waals surface area contributed by atoms with Crippen LogP contribution in [0.1, 0.15) is 37.7 Å². The summed E-state index contributed by atoms with van der Waals surface area (Å²) in [7, 11) is 0. The summed E-state index contributed by atoms with van der Waals surface area (Å²) >= 11 is 0. The standard InChI is InChI=1S/C13H21NO/c1-9(2)8-14-10(3)6-13(12(14)5)7-11(4)15/h6,9H,7-8H2,1-5H3. The molecule has 0 aliphatic carbocycles. The van der Waals surface area contributed by atoms with Gasteiger partial charge in [-0.2, -0.15) is 0 Å². The van der Waals surface area contributed by atoms with Crippen LogP contribution >= 0.6 is 0 Å². The van der Waals surface area contributed by atoms with Gasteiger partial charge in [0.1, 0.15) is 5.78 Å². The lowest BCUT2D eigenvalue weighted by atomic mass is 10.1. The average Bonchev–Trinajstić information content (AvgIpc) is 2.31. The predicted octanol–water partition coefficient (Wildman–Crippen LogP) is 2.89. The van der Waals surface area contributed by atoms with Crippen molar-refractivity contribution in [2.75, 3.05) is 0 Å². The largest absolute Gasteiger partial charge is 0.349 e. The van der Waals surface area contributed by atoms with Crippen LogP contribution in [0.25, 0.3) is 0 Å². The summed E-state index contributed by atoms with van der Waals surface area (Å²) in [5.41, 5.74) is 3.69. The summed E-state index contributed by atoms with van der Waals surface area (Å²) in [5.74, 6) is 0.875. The Hall–Kier alpha value is -1.05. The summed E-state index contributed by atoms with van der Waals surface area (Å²) < 4.78 is 2.31. The highest BCUT2D eigenvalue weighted by molar-refractivity contribution is 5.78. The third kappa shape index (κ3) is 2.95. The quantitative estimate of drug-likeness (QED) is 0.744. The number of Topliss-reactive ketones (excluding diaryl/α,β-unsaturated/α-hetero) is 1. The molecule has 0 bridgehead atoms. The molecule has 1 aromatic heterocycles. The zero-order valence-corrected chi connectivity index (χ0v) is 10.4. The van der Waals surface area contributed by atoms with Crippen molar-refractivity contribution in [3.63, 3.8) is 0 Å². The van der Waals surface area contributed by atoms with Crippen LogP contribution in [0.2, 0.25) is 0 Å². The number of rotatable bonds is 4. The number of nitrogens with zero attached hydrogens (tertiary/aromatic N) is 1. The Bertz CT molecular complexity index is 361. The van der Waals surface area contributed by atoms with Crippen molar-refractivity contribution in [2.24, 2.45) is 5.92 Å². The fourth-order valence-corrected chi connectivity index (χ4v) is 1.97. The number of hydrogen-bond donors (Lipinski definition) is 0. The highest BCUT2D eigenvalue weighted by atomic mass is 16.1. The number of carbonyl (C=O) groups is 1. The zero-order chi connectivity index (χ0) is 11.6. The zero-order valence-electron chi connectivity index (χ0n) is 10.4. The molecule has 2 nitrogen and oxygen atoms in total. The van der Waals surface area contributed by atoms with E-state index >= 15 is 0 Å². The highest BCUT2D eigenvalue weighted by Crippen LogP contribution is 2.17. The van der Waals surface area contributed by atoms with Crippen LogP contribution in [0.3, 0.4) is 0 Å². The molecule has 0 radical (unpaired) electrons. The maximum absolute atomic E-state index is 11.1. The summed E-state index contributed by atoms with van der Waals surface area (Å²) in [6.07, 6.45) is 0.567. The summed E-state index contributed by atoms with van der Waals surface area (Å²) in [4.78, 5) is 11.1. The number of aryl methyl sites for hydroxylation is 1. The second-order valence-corrected chi connectivity index (χ2v) is 4.78. The van der Waals surface area contributed by atoms with Crippen LogP contribution in [0, 0.1) is 19.8 Å². The molecule has 0 unspecified atom stereocenters. The second kappa shape index (κ2) is 4.65. The Morgan fingerprint density at radius 3 is 2.47 bits per heavy atom. The first kappa shape index (κ1) is 12.0. The molecule has 2 heteroatoms. The van der Waals surface area contributed by atoms with E-state index in [2.05, 4.69) is 38.3 Å². The van der Waals surface area contributed by atoms with Gasteiger partial charge in [-0.05, 0) is 38.3 Å². The van der Waals surface area contributed by atoms with E-state index in [9.17, 15) is 4.79 Å². The van der Waals surface area contributed by atoms with Crippen LogP contribution in [0.15, 0.2) is 6.07 Å². The molecule has 0 saturated heterocycles. The van der Waals surface area contributed by atoms with E-state index in [0.717, 1.165) is 6.54 Å². The number of aromatic nitrogens is 1. The smallest absolute Gasteiger partial charge is 0.134 e. The van der Waals surface area contributed by atoms with Crippen molar-refractivity contribution in [3.05, 3.63) is 23.0 Å². The van der Waals surface area contributed by atoms with Gasteiger partial charge >= 0.3 is 0 Å². The Morgan fingerprint density at radius 1 is 1.40 bits per heavy atom. The van der Waals surface area contributed by atoms with Gasteiger partial charge in [-0.3, -0.25) is 4.79 Å². The van der Waals surface area contributed by atoms with Crippen LogP contribution < -0.4 is 0 Å². The molecule has 1 aromatic rings. The van der Waals surface area contributed by atoms with Gasteiger partial charge in [0.15, 0.2) is 0 Å². The molecule has 0 saturated carbocycles. The van der Waals surface area contributed by atoms with Gasteiger partial charge in [0.25, 0.3) is 0 Å². The van der Waals surface area contributed by atoms with Crippen molar-refractivity contribution >= 4 is 5.78 Å². The Balaban J connectivity index is 2.98. The van der Waals surface area contributed by atoms with E-state index in [1.807, 2.05) is 0 Å². The van der Waals surface area contributed by atoms with Crippen molar-refractivity contribution in [1.29, 1.82) is 0 Å². The van der Waals surface area contributed by atoms with E-state index in [-0.39, 0.29) is 5.78 Å². The average molecular weight is 207 g/mol. The fourth-order valence-electron chi connectivity index (χ4n) is 1.97. The van der Waals surface area contributed by atoms with Gasteiger partial charge in [0, 0.05) is 24.4 Å². The second-order valence-electron chi connectivity index (χ2n) is 4.78. The molecule has 1 heterocycles. The van der Waals surface area contributed by atoms with Gasteiger partial charge in [-0.15, -0.1) is 0 Å². The van der Waals surface area contributed by atoms with Gasteiger partial charge in [-0.25, -0.2) is 0 Å². The predicted molar refractivity (Wildman–Crippen MR) is 63.1 cm³/mol. The van der Waals surface area contributed by atoms with E-state index in [1.54, 1.807) is 6.92 Å². The number of hydrogen-bond acceptors (Lipinski definition) is 1. The van der Waals surface area contributed by atoms with E-state index in [0.29, 0.717) is 12.3 Å². The van der Waals surface area contributed by atoms with Gasteiger partial charge < -0.3 is 4.57 Å². The molecule has 0 N–H and O–H groups in total. The van der Waals surface area contributed by atoms with Crippen molar-refractivity contribution in [3.8, 4) is 0 Å². The van der Waals surface area contributed by atoms with E-state index < -0.39 is 0 Å². The first-order chi connectivity index (χ1) is 6.91. The maximum Gasteiger partial charge on any atom is 0.134 e. The van der Waals surface area contributed by atoms with Crippen molar-refractivity contribution in [2.45, 2.75) is 47.6 Å². The number of carbonyl (C=O) groups excluding carboxylic acids is 1. The molecular weight excluding hydrogens is 186 g/mol. The third-order valence-electron chi connectivity index (χ3n) is 2.67. The summed E-state index contributed by atoms with van der Waals surface area (Å²) in [6, 6.07) is 2.14. The molecule has 0 spiro atoms. The molecular formula is C13H21NO. The van der Waals surface area contributed by atoms with E-state index in [1.165, 1.54) is 17.0 Å². The monoisotopic (exact) mass is 207 g/mol. The highest BCUT2D eigenvalue weighted by Gasteiger charge is 2.10. The minimum atomic E-state index is 0.236. The minimum absolute atomic E-state index is 0.236. The molecule has 15 heavy (non-hydrogen) atoms. The van der Waals surface area contributed by atoms with Crippen LogP contribution in [0.4, 0.5) is 0 Å². The van der Waals surface area contributed by atoms with Gasteiger partial charge in [-0.1, -0.05) is 13.8 Å². The molecule has 0 fully saturated rings. The van der Waals surface area contributed by atoms with Gasteiger partial charge in [0.2, 0.25) is 0 Å². The Morgan fingerprint density at radius 2 is 2.00 bits per heavy atom. The van der Waals surface area contributed by atoms with Crippen molar-refractivity contribution < 1.29 is 4.79 Å². The molecule has 0 atom stereocenters. The number of ketones is 1. The molecule has 84 valence electrons. The topological polar surface area (TPSA) is 22.0 Å². The van der Waals surface area contributed by atoms with Crippen LogP contribution in [-0.2, 0) is 17.8 Å².